The highest BCUT2D eigenvalue weighted by atomic mass is 35.5. The largest absolute Gasteiger partial charge is 0.451 e. The number of hydrogen-bond donors (Lipinski definition) is 1. The fourth-order valence-electron chi connectivity index (χ4n) is 3.83. The summed E-state index contributed by atoms with van der Waals surface area (Å²) in [5.41, 5.74) is 1.94. The van der Waals surface area contributed by atoms with Crippen LogP contribution in [0.4, 0.5) is 15.8 Å². The Morgan fingerprint density at radius 3 is 2.35 bits per heavy atom. The van der Waals surface area contributed by atoms with Crippen LogP contribution in [0.25, 0.3) is 11.3 Å². The first-order valence-electron chi connectivity index (χ1n) is 10.9. The molecule has 178 valence electrons. The molecule has 1 aromatic heterocycles. The van der Waals surface area contributed by atoms with Crippen molar-refractivity contribution < 1.29 is 18.4 Å². The molecule has 0 bridgehead atoms. The van der Waals surface area contributed by atoms with Crippen molar-refractivity contribution in [3.63, 3.8) is 0 Å². The average molecular weight is 504 g/mol. The van der Waals surface area contributed by atoms with Crippen molar-refractivity contribution >= 4 is 46.4 Å². The van der Waals surface area contributed by atoms with Gasteiger partial charge in [-0.05, 0) is 48.5 Å². The second-order valence-corrected chi connectivity index (χ2v) is 9.19. The molecule has 0 atom stereocenters. The molecule has 0 unspecified atom stereocenters. The number of nitrogens with one attached hydrogen (secondary N) is 1. The van der Waals surface area contributed by atoms with Crippen molar-refractivity contribution in [3.8, 4) is 11.3 Å². The highest BCUT2D eigenvalue weighted by molar-refractivity contribution is 6.33. The molecule has 2 amide bonds. The number of carbonyl (C=O) groups excluding carboxylic acids is 2. The minimum Gasteiger partial charge on any atom is -0.451 e. The first-order chi connectivity index (χ1) is 16.2. The number of nitrogens with zero attached hydrogens (tertiary/aromatic N) is 2. The molecule has 0 saturated carbocycles. The van der Waals surface area contributed by atoms with Gasteiger partial charge >= 0.3 is 0 Å². The highest BCUT2D eigenvalue weighted by Gasteiger charge is 2.24. The van der Waals surface area contributed by atoms with E-state index in [9.17, 15) is 14.0 Å². The standard InChI is InChI=1S/C25H24Cl2FN3O3/c1-15(2)25(33)31-11-9-30(10-12-31)21-6-4-17(14-19(21)27)29-24(32)23-8-7-22(34-23)16-3-5-20(28)18(26)13-16/h3-8,13-15H,9-12H2,1-2H3,(H,29,32). The van der Waals surface area contributed by atoms with Gasteiger partial charge in [-0.25, -0.2) is 4.39 Å². The third kappa shape index (κ3) is 5.21. The van der Waals surface area contributed by atoms with Crippen molar-refractivity contribution in [2.75, 3.05) is 36.4 Å². The minimum atomic E-state index is -0.527. The molecule has 34 heavy (non-hydrogen) atoms. The van der Waals surface area contributed by atoms with Crippen molar-refractivity contribution in [1.29, 1.82) is 0 Å². The van der Waals surface area contributed by atoms with Gasteiger partial charge in [0, 0.05) is 43.3 Å². The second kappa shape index (κ2) is 10.1. The third-order valence-corrected chi connectivity index (χ3v) is 6.26. The summed E-state index contributed by atoms with van der Waals surface area (Å²) >= 11 is 12.3. The first-order valence-corrected chi connectivity index (χ1v) is 11.7. The molecule has 0 radical (unpaired) electrons. The summed E-state index contributed by atoms with van der Waals surface area (Å²) in [6.07, 6.45) is 0. The summed E-state index contributed by atoms with van der Waals surface area (Å²) in [6, 6.07) is 12.7. The highest BCUT2D eigenvalue weighted by Crippen LogP contribution is 2.31. The van der Waals surface area contributed by atoms with Crippen LogP contribution in [0.3, 0.4) is 0 Å². The van der Waals surface area contributed by atoms with Crippen LogP contribution in [0, 0.1) is 11.7 Å². The lowest BCUT2D eigenvalue weighted by Gasteiger charge is -2.37. The summed E-state index contributed by atoms with van der Waals surface area (Å²) in [5.74, 6) is -0.327. The van der Waals surface area contributed by atoms with Crippen molar-refractivity contribution in [1.82, 2.24) is 4.90 Å². The van der Waals surface area contributed by atoms with E-state index in [2.05, 4.69) is 10.2 Å². The molecule has 1 saturated heterocycles. The maximum Gasteiger partial charge on any atom is 0.291 e. The summed E-state index contributed by atoms with van der Waals surface area (Å²) in [7, 11) is 0. The van der Waals surface area contributed by atoms with Crippen LogP contribution in [-0.2, 0) is 4.79 Å². The van der Waals surface area contributed by atoms with Crippen LogP contribution >= 0.6 is 23.2 Å². The molecule has 1 N–H and O–H groups in total. The average Bonchev–Trinajstić information content (AvgIpc) is 3.31. The predicted molar refractivity (Wildman–Crippen MR) is 132 cm³/mol. The maximum absolute atomic E-state index is 13.4. The molecule has 2 aromatic carbocycles. The number of hydrogen-bond acceptors (Lipinski definition) is 4. The van der Waals surface area contributed by atoms with Crippen molar-refractivity contribution in [2.24, 2.45) is 5.92 Å². The van der Waals surface area contributed by atoms with E-state index in [1.165, 1.54) is 24.3 Å². The number of carbonyl (C=O) groups is 2. The van der Waals surface area contributed by atoms with Crippen LogP contribution in [0.15, 0.2) is 52.9 Å². The van der Waals surface area contributed by atoms with Crippen molar-refractivity contribution in [3.05, 3.63) is 70.2 Å². The van der Waals surface area contributed by atoms with E-state index in [1.807, 2.05) is 24.8 Å². The molecule has 3 aromatic rings. The number of furan rings is 1. The lowest BCUT2D eigenvalue weighted by molar-refractivity contribution is -0.134. The van der Waals surface area contributed by atoms with E-state index >= 15 is 0 Å². The number of benzene rings is 2. The lowest BCUT2D eigenvalue weighted by Crippen LogP contribution is -2.50. The Balaban J connectivity index is 1.40. The van der Waals surface area contributed by atoms with Gasteiger partial charge in [0.15, 0.2) is 5.76 Å². The fourth-order valence-corrected chi connectivity index (χ4v) is 4.31. The van der Waals surface area contributed by atoms with E-state index in [4.69, 9.17) is 27.6 Å². The lowest BCUT2D eigenvalue weighted by atomic mass is 10.1. The van der Waals surface area contributed by atoms with Crippen LogP contribution in [-0.4, -0.2) is 42.9 Å². The fraction of sp³-hybridized carbons (Fsp3) is 0.280. The van der Waals surface area contributed by atoms with Crippen LogP contribution in [0.1, 0.15) is 24.4 Å². The van der Waals surface area contributed by atoms with Gasteiger partial charge in [-0.3, -0.25) is 9.59 Å². The molecule has 6 nitrogen and oxygen atoms in total. The second-order valence-electron chi connectivity index (χ2n) is 8.38. The molecular formula is C25H24Cl2FN3O3. The smallest absolute Gasteiger partial charge is 0.291 e. The van der Waals surface area contributed by atoms with Gasteiger partial charge in [0.2, 0.25) is 5.91 Å². The van der Waals surface area contributed by atoms with E-state index in [-0.39, 0.29) is 22.6 Å². The molecule has 1 aliphatic rings. The van der Waals surface area contributed by atoms with E-state index in [1.54, 1.807) is 18.2 Å². The minimum absolute atomic E-state index is 0.0169. The number of halogens is 3. The van der Waals surface area contributed by atoms with Gasteiger partial charge in [0.05, 0.1) is 15.7 Å². The van der Waals surface area contributed by atoms with Gasteiger partial charge in [0.1, 0.15) is 11.6 Å². The predicted octanol–water partition coefficient (Wildman–Crippen LogP) is 5.95. The van der Waals surface area contributed by atoms with Gasteiger partial charge in [0.25, 0.3) is 5.91 Å². The SMILES string of the molecule is CC(C)C(=O)N1CCN(c2ccc(NC(=O)c3ccc(-c4ccc(F)c(Cl)c4)o3)cc2Cl)CC1. The summed E-state index contributed by atoms with van der Waals surface area (Å²) in [5, 5.41) is 3.25. The molecule has 1 aliphatic heterocycles. The summed E-state index contributed by atoms with van der Waals surface area (Å²) < 4.78 is 19.0. The Bertz CT molecular complexity index is 1220. The van der Waals surface area contributed by atoms with Crippen molar-refractivity contribution in [2.45, 2.75) is 13.8 Å². The van der Waals surface area contributed by atoms with Gasteiger partial charge < -0.3 is 19.5 Å². The quantitative estimate of drug-likeness (QED) is 0.467. The Hall–Kier alpha value is -3.03. The molecule has 0 spiro atoms. The zero-order valence-electron chi connectivity index (χ0n) is 18.8. The Morgan fingerprint density at radius 1 is 0.971 bits per heavy atom. The van der Waals surface area contributed by atoms with E-state index in [0.29, 0.717) is 48.2 Å². The van der Waals surface area contributed by atoms with E-state index < -0.39 is 11.7 Å². The van der Waals surface area contributed by atoms with Crippen LogP contribution < -0.4 is 10.2 Å². The Kier molecular flexibility index (Phi) is 7.14. The van der Waals surface area contributed by atoms with E-state index in [0.717, 1.165) is 5.69 Å². The number of piperazine rings is 1. The molecule has 1 fully saturated rings. The third-order valence-electron chi connectivity index (χ3n) is 5.67. The molecule has 9 heteroatoms. The van der Waals surface area contributed by atoms with Gasteiger partial charge in [-0.2, -0.15) is 0 Å². The first kappa shape index (κ1) is 24.1. The Morgan fingerprint density at radius 2 is 1.71 bits per heavy atom. The zero-order valence-corrected chi connectivity index (χ0v) is 20.3. The molecule has 0 aliphatic carbocycles. The van der Waals surface area contributed by atoms with Crippen LogP contribution in [0.2, 0.25) is 10.0 Å². The van der Waals surface area contributed by atoms with Crippen LogP contribution in [0.5, 0.6) is 0 Å². The molecule has 2 heterocycles. The number of anilines is 2. The summed E-state index contributed by atoms with van der Waals surface area (Å²) in [4.78, 5) is 28.9. The van der Waals surface area contributed by atoms with Gasteiger partial charge in [-0.15, -0.1) is 0 Å². The topological polar surface area (TPSA) is 65.8 Å². The Labute approximate surface area is 207 Å². The normalized spacial score (nSPS) is 13.9. The number of amides is 2. The monoisotopic (exact) mass is 503 g/mol. The van der Waals surface area contributed by atoms with Gasteiger partial charge in [-0.1, -0.05) is 37.0 Å². The summed E-state index contributed by atoms with van der Waals surface area (Å²) in [6.45, 7) is 6.47. The maximum atomic E-state index is 13.4. The molecule has 4 rings (SSSR count). The number of rotatable bonds is 5. The molecular weight excluding hydrogens is 480 g/mol. The zero-order chi connectivity index (χ0) is 24.4.